The van der Waals surface area contributed by atoms with Crippen LogP contribution in [0.5, 0.6) is 5.75 Å². The number of aliphatic carboxylic acids is 1. The van der Waals surface area contributed by atoms with Gasteiger partial charge in [-0.1, -0.05) is 0 Å². The van der Waals surface area contributed by atoms with E-state index in [4.69, 9.17) is 0 Å². The summed E-state index contributed by atoms with van der Waals surface area (Å²) in [5, 5.41) is 25.5. The van der Waals surface area contributed by atoms with E-state index >= 15 is 0 Å². The van der Waals surface area contributed by atoms with Crippen LogP contribution in [0.15, 0.2) is 40.5 Å². The minimum absolute atomic E-state index is 0.125. The summed E-state index contributed by atoms with van der Waals surface area (Å²) in [4.78, 5) is 36.5. The SMILES string of the molecule is Cc1cc(O)c(NC(=O)N[C@@H](CC(=O)O)c2cc(-c3ccc(F)cc3F)cs2)c(=O)n1C. The van der Waals surface area contributed by atoms with Gasteiger partial charge in [-0.2, -0.15) is 0 Å². The van der Waals surface area contributed by atoms with E-state index in [2.05, 4.69) is 10.6 Å². The van der Waals surface area contributed by atoms with E-state index in [1.54, 1.807) is 12.3 Å². The lowest BCUT2D eigenvalue weighted by Gasteiger charge is -2.17. The summed E-state index contributed by atoms with van der Waals surface area (Å²) in [7, 11) is 1.47. The van der Waals surface area contributed by atoms with E-state index in [0.717, 1.165) is 23.5 Å². The highest BCUT2D eigenvalue weighted by Crippen LogP contribution is 2.32. The number of nitrogens with one attached hydrogen (secondary N) is 2. The number of anilines is 1. The number of aromatic nitrogens is 1. The van der Waals surface area contributed by atoms with Crippen molar-refractivity contribution in [3.05, 3.63) is 68.3 Å². The average molecular weight is 463 g/mol. The molecule has 0 spiro atoms. The monoisotopic (exact) mass is 463 g/mol. The van der Waals surface area contributed by atoms with Crippen LogP contribution in [0.25, 0.3) is 11.1 Å². The zero-order chi connectivity index (χ0) is 23.6. The highest BCUT2D eigenvalue weighted by atomic mass is 32.1. The highest BCUT2D eigenvalue weighted by Gasteiger charge is 2.22. The fraction of sp³-hybridized carbons (Fsp3) is 0.190. The molecule has 1 atom stereocenters. The number of urea groups is 1. The van der Waals surface area contributed by atoms with Crippen LogP contribution < -0.4 is 16.2 Å². The first kappa shape index (κ1) is 22.9. The lowest BCUT2D eigenvalue weighted by Crippen LogP contribution is -2.35. The second-order valence-electron chi connectivity index (χ2n) is 7.02. The van der Waals surface area contributed by atoms with Crippen LogP contribution in [0.4, 0.5) is 19.3 Å². The number of aryl methyl sites for hydroxylation is 1. The molecule has 3 aromatic rings. The maximum absolute atomic E-state index is 14.1. The number of benzene rings is 1. The van der Waals surface area contributed by atoms with Crippen LogP contribution in [0.3, 0.4) is 0 Å². The molecule has 0 unspecified atom stereocenters. The summed E-state index contributed by atoms with van der Waals surface area (Å²) in [6, 6.07) is 3.98. The standard InChI is InChI=1S/C21H19F2N3O5S/c1-10-5-16(27)19(20(30)26(10)2)25-21(31)24-15(8-18(28)29)17-6-11(9-32-17)13-4-3-12(22)7-14(13)23/h3-7,9,15,27H,8H2,1-2H3,(H,28,29)(H2,24,25,31)/t15-/m0/s1. The van der Waals surface area contributed by atoms with Crippen molar-refractivity contribution in [3.63, 3.8) is 0 Å². The molecule has 0 saturated heterocycles. The van der Waals surface area contributed by atoms with E-state index in [9.17, 15) is 33.4 Å². The van der Waals surface area contributed by atoms with Crippen molar-refractivity contribution in [2.24, 2.45) is 7.05 Å². The van der Waals surface area contributed by atoms with Gasteiger partial charge in [-0.25, -0.2) is 13.6 Å². The van der Waals surface area contributed by atoms with Crippen LogP contribution >= 0.6 is 11.3 Å². The van der Waals surface area contributed by atoms with E-state index in [1.807, 2.05) is 0 Å². The fourth-order valence-electron chi connectivity index (χ4n) is 3.03. The van der Waals surface area contributed by atoms with Crippen LogP contribution in [0, 0.1) is 18.6 Å². The van der Waals surface area contributed by atoms with Crippen LogP contribution in [0.2, 0.25) is 0 Å². The van der Waals surface area contributed by atoms with E-state index in [0.29, 0.717) is 16.1 Å². The van der Waals surface area contributed by atoms with Crippen molar-refractivity contribution in [1.29, 1.82) is 0 Å². The predicted molar refractivity (Wildman–Crippen MR) is 115 cm³/mol. The molecule has 0 aliphatic heterocycles. The van der Waals surface area contributed by atoms with Gasteiger partial charge in [0, 0.05) is 35.3 Å². The Hall–Kier alpha value is -3.73. The van der Waals surface area contributed by atoms with Gasteiger partial charge < -0.3 is 25.4 Å². The number of nitrogens with zero attached hydrogens (tertiary/aromatic N) is 1. The van der Waals surface area contributed by atoms with Gasteiger partial charge in [0.15, 0.2) is 5.69 Å². The largest absolute Gasteiger partial charge is 0.505 e. The molecule has 0 aliphatic carbocycles. The zero-order valence-electron chi connectivity index (χ0n) is 17.0. The second kappa shape index (κ2) is 9.18. The average Bonchev–Trinajstić information content (AvgIpc) is 3.18. The molecule has 11 heteroatoms. The minimum Gasteiger partial charge on any atom is -0.505 e. The van der Waals surface area contributed by atoms with Gasteiger partial charge in [-0.15, -0.1) is 11.3 Å². The summed E-state index contributed by atoms with van der Waals surface area (Å²) in [6.45, 7) is 1.60. The van der Waals surface area contributed by atoms with Gasteiger partial charge in [0.1, 0.15) is 17.4 Å². The maximum Gasteiger partial charge on any atom is 0.320 e. The first-order chi connectivity index (χ1) is 15.1. The smallest absolute Gasteiger partial charge is 0.320 e. The summed E-state index contributed by atoms with van der Waals surface area (Å²) in [6.07, 6.45) is -0.489. The van der Waals surface area contributed by atoms with Gasteiger partial charge in [-0.3, -0.25) is 9.59 Å². The number of rotatable bonds is 6. The second-order valence-corrected chi connectivity index (χ2v) is 7.96. The minimum atomic E-state index is -1.20. The Balaban J connectivity index is 1.85. The number of carbonyl (C=O) groups excluding carboxylic acids is 1. The summed E-state index contributed by atoms with van der Waals surface area (Å²) >= 11 is 1.08. The van der Waals surface area contributed by atoms with E-state index in [1.165, 1.54) is 29.8 Å². The number of carboxylic acid groups (broad SMARTS) is 1. The predicted octanol–water partition coefficient (Wildman–Crippen LogP) is 3.74. The molecule has 3 rings (SSSR count). The third-order valence-corrected chi connectivity index (χ3v) is 5.82. The number of halogens is 2. The van der Waals surface area contributed by atoms with E-state index < -0.39 is 47.4 Å². The third kappa shape index (κ3) is 4.94. The maximum atomic E-state index is 14.1. The molecule has 0 radical (unpaired) electrons. The van der Waals surface area contributed by atoms with Crippen LogP contribution in [-0.2, 0) is 11.8 Å². The summed E-state index contributed by atoms with van der Waals surface area (Å²) < 4.78 is 28.5. The van der Waals surface area contributed by atoms with Crippen molar-refractivity contribution in [1.82, 2.24) is 9.88 Å². The topological polar surface area (TPSA) is 121 Å². The number of carbonyl (C=O) groups is 2. The number of hydrogen-bond acceptors (Lipinski definition) is 5. The Kier molecular flexibility index (Phi) is 6.58. The summed E-state index contributed by atoms with van der Waals surface area (Å²) in [5.74, 6) is -3.14. The molecule has 32 heavy (non-hydrogen) atoms. The molecule has 0 fully saturated rings. The lowest BCUT2D eigenvalue weighted by atomic mass is 10.1. The molecule has 2 heterocycles. The van der Waals surface area contributed by atoms with Gasteiger partial charge in [0.25, 0.3) is 5.56 Å². The zero-order valence-corrected chi connectivity index (χ0v) is 17.8. The molecule has 8 nitrogen and oxygen atoms in total. The molecule has 2 aromatic heterocycles. The van der Waals surface area contributed by atoms with Crippen LogP contribution in [0.1, 0.15) is 23.0 Å². The Bertz CT molecular complexity index is 1250. The number of aromatic hydroxyl groups is 1. The van der Waals surface area contributed by atoms with E-state index in [-0.39, 0.29) is 11.3 Å². The first-order valence-electron chi connectivity index (χ1n) is 9.29. The highest BCUT2D eigenvalue weighted by molar-refractivity contribution is 7.10. The third-order valence-electron chi connectivity index (χ3n) is 4.78. The Labute approximate surface area is 184 Å². The molecular weight excluding hydrogens is 444 g/mol. The lowest BCUT2D eigenvalue weighted by molar-refractivity contribution is -0.137. The number of thiophene rings is 1. The molecule has 4 N–H and O–H groups in total. The molecule has 0 bridgehead atoms. The molecular formula is C21H19F2N3O5S. The van der Waals surface area contributed by atoms with Crippen LogP contribution in [-0.4, -0.2) is 26.8 Å². The van der Waals surface area contributed by atoms with Gasteiger partial charge >= 0.3 is 12.0 Å². The molecule has 0 aliphatic rings. The molecule has 2 amide bonds. The Morgan fingerprint density at radius 2 is 1.94 bits per heavy atom. The fourth-order valence-corrected chi connectivity index (χ4v) is 3.99. The Morgan fingerprint density at radius 3 is 2.59 bits per heavy atom. The number of pyridine rings is 1. The Morgan fingerprint density at radius 1 is 1.22 bits per heavy atom. The molecule has 1 aromatic carbocycles. The summed E-state index contributed by atoms with van der Waals surface area (Å²) in [5.41, 5.74) is -0.00504. The molecule has 168 valence electrons. The number of carboxylic acids is 1. The van der Waals surface area contributed by atoms with Crippen molar-refractivity contribution in [3.8, 4) is 16.9 Å². The van der Waals surface area contributed by atoms with Crippen molar-refractivity contribution in [2.45, 2.75) is 19.4 Å². The normalized spacial score (nSPS) is 11.8. The quantitative estimate of drug-likeness (QED) is 0.444. The van der Waals surface area contributed by atoms with Crippen molar-refractivity contribution >= 4 is 29.0 Å². The van der Waals surface area contributed by atoms with Crippen molar-refractivity contribution in [2.75, 3.05) is 5.32 Å². The van der Waals surface area contributed by atoms with Gasteiger partial charge in [0.2, 0.25) is 0 Å². The molecule has 0 saturated carbocycles. The first-order valence-corrected chi connectivity index (χ1v) is 10.2. The van der Waals surface area contributed by atoms with Gasteiger partial charge in [-0.05, 0) is 36.1 Å². The number of hydrogen-bond donors (Lipinski definition) is 4. The van der Waals surface area contributed by atoms with Crippen molar-refractivity contribution < 1.29 is 28.6 Å². The number of amides is 2. The van der Waals surface area contributed by atoms with Gasteiger partial charge in [0.05, 0.1) is 12.5 Å².